The number of carbonyl (C=O) groups excluding carboxylic acids is 1. The molecule has 144 valence electrons. The van der Waals surface area contributed by atoms with Gasteiger partial charge < -0.3 is 10.2 Å². The summed E-state index contributed by atoms with van der Waals surface area (Å²) in [4.78, 5) is 23.1. The van der Waals surface area contributed by atoms with Crippen molar-refractivity contribution in [1.82, 2.24) is 9.97 Å². The Morgan fingerprint density at radius 1 is 1.07 bits per heavy atom. The van der Waals surface area contributed by atoms with Crippen LogP contribution in [0.1, 0.15) is 29.9 Å². The molecule has 1 N–H and O–H groups in total. The highest BCUT2D eigenvalue weighted by atomic mass is 19.2. The van der Waals surface area contributed by atoms with E-state index in [2.05, 4.69) is 15.3 Å². The van der Waals surface area contributed by atoms with E-state index in [1.54, 1.807) is 0 Å². The van der Waals surface area contributed by atoms with E-state index in [4.69, 9.17) is 0 Å². The zero-order chi connectivity index (χ0) is 20.1. The van der Waals surface area contributed by atoms with Crippen LogP contribution in [0.15, 0.2) is 60.8 Å². The van der Waals surface area contributed by atoms with Gasteiger partial charge in [0, 0.05) is 30.5 Å². The SMILES string of the molecule is CC(C)N(Cc1ccccc1)c1nccc(C(=O)Nc2ccc(F)c(F)c2)n1. The molecule has 3 aromatic rings. The first-order valence-corrected chi connectivity index (χ1v) is 8.84. The van der Waals surface area contributed by atoms with Crippen LogP contribution in [-0.4, -0.2) is 21.9 Å². The highest BCUT2D eigenvalue weighted by Gasteiger charge is 2.17. The summed E-state index contributed by atoms with van der Waals surface area (Å²) in [6.07, 6.45) is 1.50. The largest absolute Gasteiger partial charge is 0.334 e. The zero-order valence-electron chi connectivity index (χ0n) is 15.6. The van der Waals surface area contributed by atoms with Crippen molar-refractivity contribution >= 4 is 17.5 Å². The minimum absolute atomic E-state index is 0.102. The van der Waals surface area contributed by atoms with Gasteiger partial charge in [-0.3, -0.25) is 4.79 Å². The van der Waals surface area contributed by atoms with Crippen LogP contribution in [0.2, 0.25) is 0 Å². The molecular formula is C21H20F2N4O. The number of anilines is 2. The fraction of sp³-hybridized carbons (Fsp3) is 0.190. The van der Waals surface area contributed by atoms with Crippen molar-refractivity contribution < 1.29 is 13.6 Å². The molecule has 2 aromatic carbocycles. The van der Waals surface area contributed by atoms with E-state index < -0.39 is 17.5 Å². The highest BCUT2D eigenvalue weighted by Crippen LogP contribution is 2.17. The lowest BCUT2D eigenvalue weighted by Gasteiger charge is -2.27. The van der Waals surface area contributed by atoms with Gasteiger partial charge in [0.2, 0.25) is 5.95 Å². The highest BCUT2D eigenvalue weighted by molar-refractivity contribution is 6.02. The van der Waals surface area contributed by atoms with E-state index in [9.17, 15) is 13.6 Å². The van der Waals surface area contributed by atoms with Crippen LogP contribution in [0.25, 0.3) is 0 Å². The van der Waals surface area contributed by atoms with Crippen LogP contribution < -0.4 is 10.2 Å². The van der Waals surface area contributed by atoms with Gasteiger partial charge in [-0.05, 0) is 37.6 Å². The van der Waals surface area contributed by atoms with Crippen molar-refractivity contribution in [2.75, 3.05) is 10.2 Å². The number of amides is 1. The predicted molar refractivity (Wildman–Crippen MR) is 104 cm³/mol. The third-order valence-corrected chi connectivity index (χ3v) is 4.13. The van der Waals surface area contributed by atoms with E-state index >= 15 is 0 Å². The second kappa shape index (κ2) is 8.56. The summed E-state index contributed by atoms with van der Waals surface area (Å²) in [6.45, 7) is 4.62. The molecule has 0 spiro atoms. The van der Waals surface area contributed by atoms with E-state index in [0.29, 0.717) is 12.5 Å². The Morgan fingerprint density at radius 3 is 2.50 bits per heavy atom. The fourth-order valence-corrected chi connectivity index (χ4v) is 2.65. The molecule has 28 heavy (non-hydrogen) atoms. The lowest BCUT2D eigenvalue weighted by atomic mass is 10.2. The average Bonchev–Trinajstić information content (AvgIpc) is 2.69. The number of carbonyl (C=O) groups is 1. The summed E-state index contributed by atoms with van der Waals surface area (Å²) in [5.41, 5.74) is 1.37. The summed E-state index contributed by atoms with van der Waals surface area (Å²) < 4.78 is 26.4. The number of rotatable bonds is 6. The summed E-state index contributed by atoms with van der Waals surface area (Å²) in [5.74, 6) is -2.12. The van der Waals surface area contributed by atoms with Gasteiger partial charge in [-0.2, -0.15) is 0 Å². The Balaban J connectivity index is 1.81. The van der Waals surface area contributed by atoms with E-state index in [1.165, 1.54) is 18.3 Å². The molecule has 1 amide bonds. The zero-order valence-corrected chi connectivity index (χ0v) is 15.6. The maximum absolute atomic E-state index is 13.3. The van der Waals surface area contributed by atoms with Crippen molar-refractivity contribution in [1.29, 1.82) is 0 Å². The van der Waals surface area contributed by atoms with Gasteiger partial charge in [0.25, 0.3) is 5.91 Å². The maximum Gasteiger partial charge on any atom is 0.274 e. The number of hydrogen-bond acceptors (Lipinski definition) is 4. The Bertz CT molecular complexity index is 964. The summed E-state index contributed by atoms with van der Waals surface area (Å²) in [7, 11) is 0. The molecule has 7 heteroatoms. The van der Waals surface area contributed by atoms with Crippen LogP contribution in [0.3, 0.4) is 0 Å². The van der Waals surface area contributed by atoms with Crippen LogP contribution in [0.5, 0.6) is 0 Å². The molecule has 0 radical (unpaired) electrons. The first-order chi connectivity index (χ1) is 13.4. The van der Waals surface area contributed by atoms with Crippen molar-refractivity contribution in [3.8, 4) is 0 Å². The van der Waals surface area contributed by atoms with Crippen LogP contribution in [0, 0.1) is 11.6 Å². The average molecular weight is 382 g/mol. The van der Waals surface area contributed by atoms with Crippen molar-refractivity contribution in [3.63, 3.8) is 0 Å². The third-order valence-electron chi connectivity index (χ3n) is 4.13. The normalized spacial score (nSPS) is 10.8. The van der Waals surface area contributed by atoms with E-state index in [-0.39, 0.29) is 17.4 Å². The molecule has 1 heterocycles. The second-order valence-electron chi connectivity index (χ2n) is 6.53. The fourth-order valence-electron chi connectivity index (χ4n) is 2.65. The molecule has 0 aliphatic rings. The first kappa shape index (κ1) is 19.4. The monoisotopic (exact) mass is 382 g/mol. The number of benzene rings is 2. The molecule has 0 saturated heterocycles. The molecule has 3 rings (SSSR count). The lowest BCUT2D eigenvalue weighted by Crippen LogP contribution is -2.32. The van der Waals surface area contributed by atoms with Crippen molar-refractivity contribution in [3.05, 3.63) is 83.7 Å². The topological polar surface area (TPSA) is 58.1 Å². The number of nitrogens with one attached hydrogen (secondary N) is 1. The smallest absolute Gasteiger partial charge is 0.274 e. The van der Waals surface area contributed by atoms with Crippen LogP contribution >= 0.6 is 0 Å². The van der Waals surface area contributed by atoms with Gasteiger partial charge in [0.15, 0.2) is 11.6 Å². The first-order valence-electron chi connectivity index (χ1n) is 8.84. The molecule has 0 fully saturated rings. The molecule has 0 bridgehead atoms. The molecule has 0 unspecified atom stereocenters. The quantitative estimate of drug-likeness (QED) is 0.686. The summed E-state index contributed by atoms with van der Waals surface area (Å²) in [5, 5.41) is 2.52. The summed E-state index contributed by atoms with van der Waals surface area (Å²) in [6, 6.07) is 14.6. The van der Waals surface area contributed by atoms with Gasteiger partial charge in [-0.1, -0.05) is 30.3 Å². The molecule has 5 nitrogen and oxygen atoms in total. The Morgan fingerprint density at radius 2 is 1.82 bits per heavy atom. The molecule has 0 saturated carbocycles. The minimum Gasteiger partial charge on any atom is -0.334 e. The number of nitrogens with zero attached hydrogens (tertiary/aromatic N) is 3. The molecule has 0 aliphatic heterocycles. The molecule has 0 aliphatic carbocycles. The van der Waals surface area contributed by atoms with E-state index in [1.807, 2.05) is 49.1 Å². The molecule has 0 atom stereocenters. The van der Waals surface area contributed by atoms with Crippen molar-refractivity contribution in [2.24, 2.45) is 0 Å². The lowest BCUT2D eigenvalue weighted by molar-refractivity contribution is 0.102. The number of hydrogen-bond donors (Lipinski definition) is 1. The minimum atomic E-state index is -1.03. The van der Waals surface area contributed by atoms with Crippen LogP contribution in [-0.2, 0) is 6.54 Å². The maximum atomic E-state index is 13.3. The third kappa shape index (κ3) is 4.68. The van der Waals surface area contributed by atoms with Gasteiger partial charge in [-0.25, -0.2) is 18.7 Å². The Hall–Kier alpha value is -3.35. The second-order valence-corrected chi connectivity index (χ2v) is 6.53. The molecular weight excluding hydrogens is 362 g/mol. The van der Waals surface area contributed by atoms with Gasteiger partial charge in [0.1, 0.15) is 5.69 Å². The Labute approximate surface area is 162 Å². The van der Waals surface area contributed by atoms with Gasteiger partial charge >= 0.3 is 0 Å². The summed E-state index contributed by atoms with van der Waals surface area (Å²) >= 11 is 0. The standard InChI is InChI=1S/C21H20F2N4O/c1-14(2)27(13-15-6-4-3-5-7-15)21-24-11-10-19(26-21)20(28)25-16-8-9-17(22)18(23)12-16/h3-12,14H,13H2,1-2H3,(H,25,28). The van der Waals surface area contributed by atoms with Gasteiger partial charge in [-0.15, -0.1) is 0 Å². The predicted octanol–water partition coefficient (Wildman–Crippen LogP) is 4.42. The Kier molecular flexibility index (Phi) is 5.93. The number of halogens is 2. The van der Waals surface area contributed by atoms with E-state index in [0.717, 1.165) is 17.7 Å². The van der Waals surface area contributed by atoms with Crippen LogP contribution in [0.4, 0.5) is 20.4 Å². The van der Waals surface area contributed by atoms with Gasteiger partial charge in [0.05, 0.1) is 0 Å². The molecule has 1 aromatic heterocycles. The van der Waals surface area contributed by atoms with Crippen molar-refractivity contribution in [2.45, 2.75) is 26.4 Å². The number of aromatic nitrogens is 2.